The van der Waals surface area contributed by atoms with Gasteiger partial charge in [-0.05, 0) is 42.8 Å². The molecule has 0 bridgehead atoms. The molecule has 0 saturated carbocycles. The van der Waals surface area contributed by atoms with Crippen LogP contribution >= 0.6 is 0 Å². The summed E-state index contributed by atoms with van der Waals surface area (Å²) in [5.41, 5.74) is 6.04. The maximum Gasteiger partial charge on any atom is 0.337 e. The van der Waals surface area contributed by atoms with Crippen molar-refractivity contribution in [3.05, 3.63) is 96.2 Å². The Hall–Kier alpha value is -4.12. The number of hydrogen-bond acceptors (Lipinski definition) is 4. The fraction of sp³-hybridized carbons (Fsp3) is 0.0769. The third-order valence-corrected chi connectivity index (χ3v) is 5.00. The molecule has 5 nitrogen and oxygen atoms in total. The summed E-state index contributed by atoms with van der Waals surface area (Å²) in [6, 6.07) is 25.0. The van der Waals surface area contributed by atoms with Gasteiger partial charge in [-0.1, -0.05) is 54.1 Å². The summed E-state index contributed by atoms with van der Waals surface area (Å²) >= 11 is 0. The molecule has 2 N–H and O–H groups in total. The van der Waals surface area contributed by atoms with E-state index < -0.39 is 5.97 Å². The average molecular weight is 410 g/mol. The predicted molar refractivity (Wildman–Crippen MR) is 123 cm³/mol. The van der Waals surface area contributed by atoms with E-state index in [4.69, 9.17) is 9.72 Å². The Kier molecular flexibility index (Phi) is 5.67. The van der Waals surface area contributed by atoms with Crippen molar-refractivity contribution in [1.82, 2.24) is 4.98 Å². The van der Waals surface area contributed by atoms with Crippen LogP contribution in [0.5, 0.6) is 5.75 Å². The zero-order valence-corrected chi connectivity index (χ0v) is 17.3. The molecule has 1 heterocycles. The monoisotopic (exact) mass is 410 g/mol. The largest absolute Gasteiger partial charge is 0.497 e. The molecule has 0 aliphatic heterocycles. The van der Waals surface area contributed by atoms with Crippen LogP contribution in [0.25, 0.3) is 22.4 Å². The number of aromatic carboxylic acids is 1. The molecule has 5 heteroatoms. The fourth-order valence-corrected chi connectivity index (χ4v) is 3.47. The second kappa shape index (κ2) is 8.71. The summed E-state index contributed by atoms with van der Waals surface area (Å²) in [6.45, 7) is 1.87. The topological polar surface area (TPSA) is 71.5 Å². The SMILES string of the molecule is COc1cccc(-c2ncc(Nc3ccc(C)cc3C(=O)O)cc2-c2ccccc2)c1. The maximum atomic E-state index is 11.7. The Balaban J connectivity index is 1.81. The van der Waals surface area contributed by atoms with Gasteiger partial charge in [0.25, 0.3) is 0 Å². The fourth-order valence-electron chi connectivity index (χ4n) is 3.47. The predicted octanol–water partition coefficient (Wildman–Crippen LogP) is 6.17. The highest BCUT2D eigenvalue weighted by atomic mass is 16.5. The van der Waals surface area contributed by atoms with Gasteiger partial charge in [-0.2, -0.15) is 0 Å². The molecule has 1 aromatic heterocycles. The summed E-state index contributed by atoms with van der Waals surface area (Å²) in [6.07, 6.45) is 1.72. The van der Waals surface area contributed by atoms with Gasteiger partial charge in [-0.3, -0.25) is 4.98 Å². The number of aryl methyl sites for hydroxylation is 1. The zero-order valence-electron chi connectivity index (χ0n) is 17.3. The first-order chi connectivity index (χ1) is 15.0. The molecule has 0 aliphatic rings. The van der Waals surface area contributed by atoms with E-state index >= 15 is 0 Å². The van der Waals surface area contributed by atoms with Crippen molar-refractivity contribution in [2.75, 3.05) is 12.4 Å². The molecule has 31 heavy (non-hydrogen) atoms. The van der Waals surface area contributed by atoms with Crippen LogP contribution in [0.1, 0.15) is 15.9 Å². The Morgan fingerprint density at radius 1 is 0.935 bits per heavy atom. The lowest BCUT2D eigenvalue weighted by Gasteiger charge is -2.15. The number of hydrogen-bond donors (Lipinski definition) is 2. The van der Waals surface area contributed by atoms with Crippen molar-refractivity contribution < 1.29 is 14.6 Å². The Morgan fingerprint density at radius 3 is 2.45 bits per heavy atom. The first kappa shape index (κ1) is 20.2. The van der Waals surface area contributed by atoms with E-state index in [2.05, 4.69) is 5.32 Å². The van der Waals surface area contributed by atoms with Crippen LogP contribution in [0.15, 0.2) is 85.1 Å². The smallest absolute Gasteiger partial charge is 0.337 e. The van der Waals surface area contributed by atoms with Crippen LogP contribution in [0.4, 0.5) is 11.4 Å². The molecule has 0 spiro atoms. The summed E-state index contributed by atoms with van der Waals surface area (Å²) in [7, 11) is 1.64. The van der Waals surface area contributed by atoms with Gasteiger partial charge in [0.1, 0.15) is 5.75 Å². The molecule has 0 atom stereocenters. The Bertz CT molecular complexity index is 1240. The van der Waals surface area contributed by atoms with Gasteiger partial charge in [0.2, 0.25) is 0 Å². The number of ether oxygens (including phenoxy) is 1. The van der Waals surface area contributed by atoms with Crippen molar-refractivity contribution >= 4 is 17.3 Å². The molecule has 0 saturated heterocycles. The molecular weight excluding hydrogens is 388 g/mol. The van der Waals surface area contributed by atoms with E-state index in [9.17, 15) is 9.90 Å². The van der Waals surface area contributed by atoms with Gasteiger partial charge in [0.15, 0.2) is 0 Å². The number of pyridine rings is 1. The van der Waals surface area contributed by atoms with E-state index in [1.54, 1.807) is 25.4 Å². The van der Waals surface area contributed by atoms with Crippen LogP contribution in [0, 0.1) is 6.92 Å². The lowest BCUT2D eigenvalue weighted by molar-refractivity contribution is 0.0698. The van der Waals surface area contributed by atoms with Crippen molar-refractivity contribution in [2.24, 2.45) is 0 Å². The molecule has 0 unspecified atom stereocenters. The van der Waals surface area contributed by atoms with Gasteiger partial charge in [-0.15, -0.1) is 0 Å². The molecule has 0 amide bonds. The maximum absolute atomic E-state index is 11.7. The van der Waals surface area contributed by atoms with Gasteiger partial charge >= 0.3 is 5.97 Å². The minimum atomic E-state index is -0.976. The molecule has 154 valence electrons. The minimum absolute atomic E-state index is 0.220. The van der Waals surface area contributed by atoms with E-state index in [-0.39, 0.29) is 5.56 Å². The highest BCUT2D eigenvalue weighted by Crippen LogP contribution is 2.34. The van der Waals surface area contributed by atoms with Crippen molar-refractivity contribution in [3.8, 4) is 28.1 Å². The summed E-state index contributed by atoms with van der Waals surface area (Å²) < 4.78 is 5.37. The Morgan fingerprint density at radius 2 is 1.71 bits per heavy atom. The molecule has 3 aromatic carbocycles. The quantitative estimate of drug-likeness (QED) is 0.397. The number of carboxylic acids is 1. The van der Waals surface area contributed by atoms with E-state index in [1.807, 2.05) is 73.7 Å². The van der Waals surface area contributed by atoms with Crippen LogP contribution in [-0.2, 0) is 0 Å². The number of nitrogens with zero attached hydrogens (tertiary/aromatic N) is 1. The van der Waals surface area contributed by atoms with Gasteiger partial charge in [0, 0.05) is 11.1 Å². The average Bonchev–Trinajstić information content (AvgIpc) is 2.80. The molecule has 0 aliphatic carbocycles. The number of carboxylic acid groups (broad SMARTS) is 1. The molecular formula is C26H22N2O3. The number of rotatable bonds is 6. The van der Waals surface area contributed by atoms with Crippen LogP contribution in [-0.4, -0.2) is 23.2 Å². The summed E-state index contributed by atoms with van der Waals surface area (Å²) in [4.78, 5) is 16.4. The number of benzene rings is 3. The lowest BCUT2D eigenvalue weighted by Crippen LogP contribution is -2.04. The number of anilines is 2. The molecule has 0 fully saturated rings. The minimum Gasteiger partial charge on any atom is -0.497 e. The van der Waals surface area contributed by atoms with Gasteiger partial charge < -0.3 is 15.2 Å². The first-order valence-electron chi connectivity index (χ1n) is 9.86. The summed E-state index contributed by atoms with van der Waals surface area (Å²) in [5.74, 6) is -0.221. The second-order valence-corrected chi connectivity index (χ2v) is 7.20. The first-order valence-corrected chi connectivity index (χ1v) is 9.86. The van der Waals surface area contributed by atoms with E-state index in [0.717, 1.165) is 33.7 Å². The third-order valence-electron chi connectivity index (χ3n) is 5.00. The van der Waals surface area contributed by atoms with Crippen LogP contribution in [0.2, 0.25) is 0 Å². The van der Waals surface area contributed by atoms with E-state index in [1.165, 1.54) is 0 Å². The van der Waals surface area contributed by atoms with E-state index in [0.29, 0.717) is 11.4 Å². The van der Waals surface area contributed by atoms with Crippen molar-refractivity contribution in [3.63, 3.8) is 0 Å². The molecule has 0 radical (unpaired) electrons. The summed E-state index contributed by atoms with van der Waals surface area (Å²) in [5, 5.41) is 12.8. The highest BCUT2D eigenvalue weighted by Gasteiger charge is 2.14. The van der Waals surface area contributed by atoms with Crippen LogP contribution in [0.3, 0.4) is 0 Å². The number of methoxy groups -OCH3 is 1. The number of nitrogens with one attached hydrogen (secondary N) is 1. The third kappa shape index (κ3) is 4.41. The van der Waals surface area contributed by atoms with Crippen molar-refractivity contribution in [2.45, 2.75) is 6.92 Å². The standard InChI is InChI=1S/C26H22N2O3/c1-17-11-12-24(23(13-17)26(29)30)28-20-15-22(18-7-4-3-5-8-18)25(27-16-20)19-9-6-10-21(14-19)31-2/h3-16,28H,1-2H3,(H,29,30). The number of carbonyl (C=O) groups is 1. The van der Waals surface area contributed by atoms with Gasteiger partial charge in [0.05, 0.1) is 35.9 Å². The highest BCUT2D eigenvalue weighted by molar-refractivity contribution is 5.95. The van der Waals surface area contributed by atoms with Crippen molar-refractivity contribution in [1.29, 1.82) is 0 Å². The normalized spacial score (nSPS) is 10.5. The molecule has 4 aromatic rings. The van der Waals surface area contributed by atoms with Gasteiger partial charge in [-0.25, -0.2) is 4.79 Å². The lowest BCUT2D eigenvalue weighted by atomic mass is 9.98. The van der Waals surface area contributed by atoms with Crippen LogP contribution < -0.4 is 10.1 Å². The second-order valence-electron chi connectivity index (χ2n) is 7.20. The zero-order chi connectivity index (χ0) is 21.8. The molecule has 4 rings (SSSR count). The number of aromatic nitrogens is 1. The Labute approximate surface area is 181 Å².